The first kappa shape index (κ1) is 49.3. The fourth-order valence-electron chi connectivity index (χ4n) is 8.13. The van der Waals surface area contributed by atoms with E-state index in [1.807, 2.05) is 0 Å². The van der Waals surface area contributed by atoms with Crippen LogP contribution in [0.25, 0.3) is 27.6 Å². The van der Waals surface area contributed by atoms with E-state index in [-0.39, 0.29) is 75.0 Å². The van der Waals surface area contributed by atoms with Crippen LogP contribution < -0.4 is 31.4 Å². The van der Waals surface area contributed by atoms with E-state index in [2.05, 4.69) is 30.6 Å². The molecule has 0 unspecified atom stereocenters. The maximum atomic E-state index is 14.7. The van der Waals surface area contributed by atoms with E-state index in [9.17, 15) is 52.8 Å². The number of benzene rings is 2. The molecule has 0 amide bonds. The number of fused-ring (bicyclic) bond motifs is 2. The number of alkyl halides is 4. The van der Waals surface area contributed by atoms with Crippen LogP contribution >= 0.6 is 0 Å². The molecule has 2 atom stereocenters. The minimum atomic E-state index is -3.21. The van der Waals surface area contributed by atoms with Crippen molar-refractivity contribution in [3.05, 3.63) is 133 Å². The molecule has 2 aliphatic heterocycles. The molecule has 0 spiro atoms. The second-order valence-corrected chi connectivity index (χ2v) is 20.5. The highest BCUT2D eigenvalue weighted by Crippen LogP contribution is 2.34. The fourth-order valence-corrected chi connectivity index (χ4v) is 10.8. The first-order chi connectivity index (χ1) is 32.3. The Morgan fingerprint density at radius 2 is 1.13 bits per heavy atom. The first-order valence-electron chi connectivity index (χ1n) is 20.9. The topological polar surface area (TPSA) is 206 Å². The van der Waals surface area contributed by atoms with Crippen molar-refractivity contribution in [2.75, 3.05) is 47.9 Å². The van der Waals surface area contributed by atoms with Crippen LogP contribution in [-0.4, -0.2) is 83.5 Å². The Labute approximate surface area is 384 Å². The minimum absolute atomic E-state index is 0.0185. The van der Waals surface area contributed by atoms with Gasteiger partial charge in [0.2, 0.25) is 0 Å². The van der Waals surface area contributed by atoms with Crippen molar-refractivity contribution in [3.63, 3.8) is 0 Å². The lowest BCUT2D eigenvalue weighted by Gasteiger charge is -2.23. The summed E-state index contributed by atoms with van der Waals surface area (Å²) in [6, 6.07) is 9.17. The Bertz CT molecular complexity index is 3270. The zero-order valence-electron chi connectivity index (χ0n) is 36.7. The maximum Gasteiger partial charge on any atom is 0.292 e. The van der Waals surface area contributed by atoms with Gasteiger partial charge in [0.05, 0.1) is 57.0 Å². The van der Waals surface area contributed by atoms with E-state index in [0.717, 1.165) is 21.6 Å². The van der Waals surface area contributed by atoms with Crippen LogP contribution in [0.3, 0.4) is 0 Å². The molecule has 362 valence electrons. The molecule has 6 aromatic rings. The van der Waals surface area contributed by atoms with Gasteiger partial charge in [0.15, 0.2) is 21.1 Å². The summed E-state index contributed by atoms with van der Waals surface area (Å²) in [5.74, 6) is -2.16. The van der Waals surface area contributed by atoms with E-state index in [1.54, 1.807) is 19.9 Å². The minimum Gasteiger partial charge on any atom is -0.412 e. The Hall–Kier alpha value is -6.56. The largest absolute Gasteiger partial charge is 0.412 e. The van der Waals surface area contributed by atoms with Gasteiger partial charge in [0.25, 0.3) is 24.0 Å². The summed E-state index contributed by atoms with van der Waals surface area (Å²) in [7, 11) is -3.75. The van der Waals surface area contributed by atoms with Gasteiger partial charge in [-0.2, -0.15) is 0 Å². The van der Waals surface area contributed by atoms with Crippen LogP contribution in [0.15, 0.2) is 76.9 Å². The summed E-state index contributed by atoms with van der Waals surface area (Å²) in [5, 5.41) is 6.76. The van der Waals surface area contributed by atoms with Crippen molar-refractivity contribution in [1.29, 1.82) is 0 Å². The molecule has 4 aromatic heterocycles. The average molecular weight is 991 g/mol. The second kappa shape index (κ2) is 20.0. The number of hydrogen-bond acceptors (Lipinski definition) is 14. The Balaban J connectivity index is 0.000000201. The van der Waals surface area contributed by atoms with Gasteiger partial charge in [0.1, 0.15) is 60.0 Å². The summed E-state index contributed by atoms with van der Waals surface area (Å²) < 4.78 is 131. The standard InChI is InChI=1S/C22H23F3N4O4S.C22H21F3N4O4S/c2*1-12(14-4-3-5-15(18(14)23)19(24)25)28-20-17-10-16(13-6-8-34(31,32)9-7-13)22(30)29(33-2)21(17)27-11-26-20/h3-5,10-13,19H,6-9H2,1-2H3,(H,26,27,28);3-6,10-12,19H,7-9H2,1-2H3,(H,26,27,28)/t2*12-/m11/s1. The molecule has 0 bridgehead atoms. The quantitative estimate of drug-likeness (QED) is 0.123. The third kappa shape index (κ3) is 10.1. The van der Waals surface area contributed by atoms with Crippen LogP contribution in [0.2, 0.25) is 0 Å². The SMILES string of the molecule is COn1c(=O)c(C2=CCS(=O)(=O)CC2)cc2c(N[C@H](C)c3cccc(C(F)F)c3F)ncnc21.COn1c(=O)c(C2CCS(=O)(=O)CC2)cc2c(N[C@H](C)c3cccc(C(F)F)c3F)ncnc21. The van der Waals surface area contributed by atoms with E-state index < -0.39 is 78.5 Å². The lowest BCUT2D eigenvalue weighted by molar-refractivity contribution is 0.145. The van der Waals surface area contributed by atoms with Crippen molar-refractivity contribution >= 4 is 59.0 Å². The summed E-state index contributed by atoms with van der Waals surface area (Å²) in [4.78, 5) is 53.2. The molecule has 0 radical (unpaired) electrons. The van der Waals surface area contributed by atoms with E-state index in [1.165, 1.54) is 63.3 Å². The lowest BCUT2D eigenvalue weighted by atomic mass is 9.94. The van der Waals surface area contributed by atoms with Gasteiger partial charge in [-0.15, -0.1) is 9.46 Å². The number of hydrogen-bond donors (Lipinski definition) is 2. The van der Waals surface area contributed by atoms with Crippen LogP contribution in [0.4, 0.5) is 38.0 Å². The van der Waals surface area contributed by atoms with E-state index >= 15 is 0 Å². The summed E-state index contributed by atoms with van der Waals surface area (Å²) in [6.07, 6.45) is -1.29. The summed E-state index contributed by atoms with van der Waals surface area (Å²) in [6.45, 7) is 3.18. The first-order valence-corrected chi connectivity index (χ1v) is 24.6. The molecule has 1 fully saturated rings. The molecular formula is C44H44F6N8O8S2. The Morgan fingerprint density at radius 3 is 1.59 bits per heavy atom. The third-order valence-electron chi connectivity index (χ3n) is 11.7. The van der Waals surface area contributed by atoms with Gasteiger partial charge in [-0.3, -0.25) is 9.59 Å². The van der Waals surface area contributed by atoms with Crippen molar-refractivity contribution in [1.82, 2.24) is 29.4 Å². The normalized spacial score (nSPS) is 16.7. The predicted molar refractivity (Wildman–Crippen MR) is 241 cm³/mol. The Kier molecular flexibility index (Phi) is 14.5. The number of sulfone groups is 2. The highest BCUT2D eigenvalue weighted by Gasteiger charge is 2.30. The van der Waals surface area contributed by atoms with Crippen molar-refractivity contribution in [2.45, 2.75) is 64.0 Å². The van der Waals surface area contributed by atoms with Gasteiger partial charge in [-0.25, -0.2) is 63.1 Å². The van der Waals surface area contributed by atoms with Crippen molar-refractivity contribution in [3.8, 4) is 0 Å². The highest BCUT2D eigenvalue weighted by molar-refractivity contribution is 7.91. The predicted octanol–water partition coefficient (Wildman–Crippen LogP) is 6.69. The molecule has 24 heteroatoms. The van der Waals surface area contributed by atoms with Crippen molar-refractivity contribution < 1.29 is 52.9 Å². The van der Waals surface area contributed by atoms with Gasteiger partial charge < -0.3 is 20.3 Å². The van der Waals surface area contributed by atoms with Crippen LogP contribution in [-0.2, 0) is 19.7 Å². The van der Waals surface area contributed by atoms with Crippen LogP contribution in [0, 0.1) is 11.6 Å². The highest BCUT2D eigenvalue weighted by atomic mass is 32.2. The zero-order valence-corrected chi connectivity index (χ0v) is 38.4. The molecule has 8 rings (SSSR count). The number of pyridine rings is 2. The molecule has 68 heavy (non-hydrogen) atoms. The number of anilines is 2. The maximum absolute atomic E-state index is 14.7. The molecular weight excluding hydrogens is 947 g/mol. The van der Waals surface area contributed by atoms with Gasteiger partial charge in [-0.05, 0) is 56.7 Å². The van der Waals surface area contributed by atoms with Crippen LogP contribution in [0.5, 0.6) is 0 Å². The summed E-state index contributed by atoms with van der Waals surface area (Å²) >= 11 is 0. The molecule has 2 aliphatic rings. The van der Waals surface area contributed by atoms with Gasteiger partial charge >= 0.3 is 0 Å². The number of halogens is 6. The number of aromatic nitrogens is 6. The van der Waals surface area contributed by atoms with Gasteiger partial charge in [-0.1, -0.05) is 42.5 Å². The molecule has 16 nitrogen and oxygen atoms in total. The molecule has 2 aromatic carbocycles. The van der Waals surface area contributed by atoms with Crippen molar-refractivity contribution in [2.24, 2.45) is 0 Å². The molecule has 0 aliphatic carbocycles. The monoisotopic (exact) mass is 990 g/mol. The van der Waals surface area contributed by atoms with E-state index in [4.69, 9.17) is 9.68 Å². The molecule has 2 N–H and O–H groups in total. The fraction of sp³-hybridized carbons (Fsp3) is 0.364. The Morgan fingerprint density at radius 1 is 0.662 bits per heavy atom. The molecule has 6 heterocycles. The average Bonchev–Trinajstić information content (AvgIpc) is 3.29. The smallest absolute Gasteiger partial charge is 0.292 e. The molecule has 1 saturated heterocycles. The zero-order chi connectivity index (χ0) is 49.2. The van der Waals surface area contributed by atoms with Crippen LogP contribution in [0.1, 0.15) is 97.3 Å². The van der Waals surface area contributed by atoms with Gasteiger partial charge in [0, 0.05) is 22.3 Å². The number of nitrogens with zero attached hydrogens (tertiary/aromatic N) is 6. The summed E-state index contributed by atoms with van der Waals surface area (Å²) in [5.41, 5.74) is -0.894. The van der Waals surface area contributed by atoms with E-state index in [0.29, 0.717) is 34.8 Å². The third-order valence-corrected chi connectivity index (χ3v) is 15.0. The number of allylic oxidation sites excluding steroid dienone is 1. The number of rotatable bonds is 12. The second-order valence-electron chi connectivity index (χ2n) is 16.0. The lowest BCUT2D eigenvalue weighted by Crippen LogP contribution is -2.32. The molecule has 0 saturated carbocycles. The number of nitrogens with one attached hydrogen (secondary N) is 2.